The third kappa shape index (κ3) is 5.05. The summed E-state index contributed by atoms with van der Waals surface area (Å²) in [6, 6.07) is 13.1. The first-order valence-electron chi connectivity index (χ1n) is 8.66. The molecule has 0 aliphatic rings. The van der Waals surface area contributed by atoms with Crippen molar-refractivity contribution in [3.63, 3.8) is 0 Å². The first-order chi connectivity index (χ1) is 13.0. The van der Waals surface area contributed by atoms with Gasteiger partial charge in [-0.15, -0.1) is 0 Å². The van der Waals surface area contributed by atoms with Crippen LogP contribution in [0.15, 0.2) is 61.1 Å². The third-order valence-electron chi connectivity index (χ3n) is 4.29. The van der Waals surface area contributed by atoms with Gasteiger partial charge in [-0.2, -0.15) is 0 Å². The summed E-state index contributed by atoms with van der Waals surface area (Å²) in [5, 5.41) is 3.96. The number of pyridine rings is 2. The zero-order valence-electron chi connectivity index (χ0n) is 15.3. The van der Waals surface area contributed by atoms with E-state index in [9.17, 15) is 4.79 Å². The topological polar surface area (TPSA) is 58.1 Å². The lowest BCUT2D eigenvalue weighted by Gasteiger charge is -2.17. The van der Waals surface area contributed by atoms with Crippen LogP contribution in [0.25, 0.3) is 0 Å². The molecule has 0 spiro atoms. The van der Waals surface area contributed by atoms with Crippen molar-refractivity contribution >= 4 is 28.9 Å². The summed E-state index contributed by atoms with van der Waals surface area (Å²) in [5.74, 6) is -0.115. The lowest BCUT2D eigenvalue weighted by atomic mass is 10.2. The molecule has 5 nitrogen and oxygen atoms in total. The number of hydrogen-bond acceptors (Lipinski definition) is 4. The van der Waals surface area contributed by atoms with Gasteiger partial charge in [-0.05, 0) is 60.9 Å². The number of aromatic nitrogens is 2. The van der Waals surface area contributed by atoms with Crippen molar-refractivity contribution < 1.29 is 4.79 Å². The third-order valence-corrected chi connectivity index (χ3v) is 4.52. The predicted molar refractivity (Wildman–Crippen MR) is 109 cm³/mol. The molecule has 0 aliphatic carbocycles. The van der Waals surface area contributed by atoms with E-state index in [-0.39, 0.29) is 5.91 Å². The molecule has 1 amide bonds. The summed E-state index contributed by atoms with van der Waals surface area (Å²) in [4.78, 5) is 22.6. The van der Waals surface area contributed by atoms with Gasteiger partial charge in [-0.25, -0.2) is 0 Å². The van der Waals surface area contributed by atoms with Gasteiger partial charge in [0.25, 0.3) is 5.91 Å². The molecule has 3 aromatic rings. The number of halogens is 1. The molecule has 3 rings (SSSR count). The van der Waals surface area contributed by atoms with Crippen LogP contribution in [0, 0.1) is 6.92 Å². The normalized spacial score (nSPS) is 10.5. The summed E-state index contributed by atoms with van der Waals surface area (Å²) in [6.45, 7) is 2.61. The fourth-order valence-corrected chi connectivity index (χ4v) is 2.83. The highest BCUT2D eigenvalue weighted by atomic mass is 35.5. The molecule has 27 heavy (non-hydrogen) atoms. The van der Waals surface area contributed by atoms with Crippen LogP contribution in [0.1, 0.15) is 21.6 Å². The SMILES string of the molecule is Cc1ccc(Cl)cc1Nc1ccnc(C(=O)N(C)CCc2ccncc2)c1. The highest BCUT2D eigenvalue weighted by Crippen LogP contribution is 2.24. The summed E-state index contributed by atoms with van der Waals surface area (Å²) in [7, 11) is 1.78. The van der Waals surface area contributed by atoms with E-state index in [1.165, 1.54) is 0 Å². The van der Waals surface area contributed by atoms with Crippen LogP contribution in [0.4, 0.5) is 11.4 Å². The predicted octanol–water partition coefficient (Wildman–Crippen LogP) is 4.50. The second kappa shape index (κ2) is 8.64. The molecule has 1 aromatic carbocycles. The molecular weight excluding hydrogens is 360 g/mol. The highest BCUT2D eigenvalue weighted by molar-refractivity contribution is 6.30. The Morgan fingerprint density at radius 3 is 2.67 bits per heavy atom. The van der Waals surface area contributed by atoms with Gasteiger partial charge < -0.3 is 10.2 Å². The second-order valence-electron chi connectivity index (χ2n) is 6.35. The number of carbonyl (C=O) groups excluding carboxylic acids is 1. The lowest BCUT2D eigenvalue weighted by molar-refractivity contribution is 0.0791. The van der Waals surface area contributed by atoms with E-state index < -0.39 is 0 Å². The molecule has 0 saturated heterocycles. The van der Waals surface area contributed by atoms with Crippen molar-refractivity contribution in [2.75, 3.05) is 18.9 Å². The van der Waals surface area contributed by atoms with E-state index in [1.807, 2.05) is 43.3 Å². The smallest absolute Gasteiger partial charge is 0.272 e. The van der Waals surface area contributed by atoms with Crippen molar-refractivity contribution in [2.24, 2.45) is 0 Å². The Hall–Kier alpha value is -2.92. The Morgan fingerprint density at radius 1 is 1.11 bits per heavy atom. The number of nitrogens with one attached hydrogen (secondary N) is 1. The molecule has 0 unspecified atom stereocenters. The number of benzene rings is 1. The number of hydrogen-bond donors (Lipinski definition) is 1. The zero-order chi connectivity index (χ0) is 19.2. The van der Waals surface area contributed by atoms with Crippen LogP contribution in [-0.4, -0.2) is 34.4 Å². The molecule has 0 aliphatic heterocycles. The van der Waals surface area contributed by atoms with Crippen LogP contribution < -0.4 is 5.32 Å². The number of amides is 1. The van der Waals surface area contributed by atoms with E-state index in [1.54, 1.807) is 36.6 Å². The van der Waals surface area contributed by atoms with E-state index >= 15 is 0 Å². The second-order valence-corrected chi connectivity index (χ2v) is 6.78. The van der Waals surface area contributed by atoms with Gasteiger partial charge in [-0.1, -0.05) is 17.7 Å². The van der Waals surface area contributed by atoms with Gasteiger partial charge in [0, 0.05) is 48.6 Å². The summed E-state index contributed by atoms with van der Waals surface area (Å²) in [6.07, 6.45) is 5.91. The van der Waals surface area contributed by atoms with Crippen molar-refractivity contribution in [3.8, 4) is 0 Å². The lowest BCUT2D eigenvalue weighted by Crippen LogP contribution is -2.29. The molecule has 0 atom stereocenters. The summed E-state index contributed by atoms with van der Waals surface area (Å²) >= 11 is 6.07. The van der Waals surface area contributed by atoms with Gasteiger partial charge in [0.05, 0.1) is 0 Å². The summed E-state index contributed by atoms with van der Waals surface area (Å²) < 4.78 is 0. The van der Waals surface area contributed by atoms with Gasteiger partial charge in [0.2, 0.25) is 0 Å². The van der Waals surface area contributed by atoms with Crippen molar-refractivity contribution in [1.29, 1.82) is 0 Å². The van der Waals surface area contributed by atoms with Crippen LogP contribution in [0.5, 0.6) is 0 Å². The largest absolute Gasteiger partial charge is 0.355 e. The Labute approximate surface area is 164 Å². The maximum atomic E-state index is 12.7. The van der Waals surface area contributed by atoms with Crippen molar-refractivity contribution in [2.45, 2.75) is 13.3 Å². The molecule has 2 heterocycles. The van der Waals surface area contributed by atoms with Crippen molar-refractivity contribution in [3.05, 3.63) is 82.9 Å². The standard InChI is InChI=1S/C21H21ClN4O/c1-15-3-4-17(22)13-19(15)25-18-7-11-24-20(14-18)21(27)26(2)12-8-16-5-9-23-10-6-16/h3-7,9-11,13-14H,8,12H2,1-2H3,(H,24,25). The van der Waals surface area contributed by atoms with Crippen LogP contribution >= 0.6 is 11.6 Å². The van der Waals surface area contributed by atoms with Gasteiger partial charge in [0.1, 0.15) is 5.69 Å². The fraction of sp³-hybridized carbons (Fsp3) is 0.190. The van der Waals surface area contributed by atoms with Gasteiger partial charge >= 0.3 is 0 Å². The van der Waals surface area contributed by atoms with Gasteiger partial charge in [0.15, 0.2) is 0 Å². The average molecular weight is 381 g/mol. The molecule has 1 N–H and O–H groups in total. The fourth-order valence-electron chi connectivity index (χ4n) is 2.65. The molecule has 0 radical (unpaired) electrons. The average Bonchev–Trinajstić information content (AvgIpc) is 2.69. The first kappa shape index (κ1) is 18.9. The minimum Gasteiger partial charge on any atom is -0.355 e. The first-order valence-corrected chi connectivity index (χ1v) is 9.04. The number of aryl methyl sites for hydroxylation is 1. The Balaban J connectivity index is 1.68. The number of carbonyl (C=O) groups is 1. The minimum atomic E-state index is -0.115. The minimum absolute atomic E-state index is 0.115. The Kier molecular flexibility index (Phi) is 6.04. The monoisotopic (exact) mass is 380 g/mol. The molecular formula is C21H21ClN4O. The van der Waals surface area contributed by atoms with Crippen LogP contribution in [-0.2, 0) is 6.42 Å². The Bertz CT molecular complexity index is 930. The van der Waals surface area contributed by atoms with E-state index in [2.05, 4.69) is 15.3 Å². The molecule has 0 bridgehead atoms. The Morgan fingerprint density at radius 2 is 1.89 bits per heavy atom. The summed E-state index contributed by atoms with van der Waals surface area (Å²) in [5.41, 5.74) is 4.30. The van der Waals surface area contributed by atoms with Crippen LogP contribution in [0.3, 0.4) is 0 Å². The number of likely N-dealkylation sites (N-methyl/N-ethyl adjacent to an activating group) is 1. The number of anilines is 2. The van der Waals surface area contributed by atoms with Crippen molar-refractivity contribution in [1.82, 2.24) is 14.9 Å². The maximum Gasteiger partial charge on any atom is 0.272 e. The van der Waals surface area contributed by atoms with Gasteiger partial charge in [-0.3, -0.25) is 14.8 Å². The zero-order valence-corrected chi connectivity index (χ0v) is 16.1. The molecule has 2 aromatic heterocycles. The van der Waals surface area contributed by atoms with E-state index in [0.717, 1.165) is 28.9 Å². The molecule has 138 valence electrons. The number of nitrogens with zero attached hydrogens (tertiary/aromatic N) is 3. The van der Waals surface area contributed by atoms with E-state index in [0.29, 0.717) is 17.3 Å². The van der Waals surface area contributed by atoms with Crippen LogP contribution in [0.2, 0.25) is 5.02 Å². The highest BCUT2D eigenvalue weighted by Gasteiger charge is 2.14. The number of rotatable bonds is 6. The quantitative estimate of drug-likeness (QED) is 0.684. The maximum absolute atomic E-state index is 12.7. The molecule has 0 fully saturated rings. The molecule has 6 heteroatoms. The van der Waals surface area contributed by atoms with E-state index in [4.69, 9.17) is 11.6 Å². The molecule has 0 saturated carbocycles.